The number of aromatic nitrogens is 2. The zero-order chi connectivity index (χ0) is 36.5. The molecule has 3 aromatic rings. The maximum atomic E-state index is 13.8. The van der Waals surface area contributed by atoms with E-state index in [-0.39, 0.29) is 60.6 Å². The van der Waals surface area contributed by atoms with E-state index in [4.69, 9.17) is 20.3 Å². The number of fused-ring (bicyclic) bond motifs is 1. The number of hydrogen-bond acceptors (Lipinski definition) is 7. The number of carboxylic acids is 1. The fraction of sp³-hybridized carbons (Fsp3) is 0.400. The Morgan fingerprint density at radius 3 is 2.08 bits per heavy atom. The second-order valence-electron chi connectivity index (χ2n) is 11.0. The van der Waals surface area contributed by atoms with Crippen molar-refractivity contribution in [1.29, 1.82) is 0 Å². The zero-order valence-corrected chi connectivity index (χ0v) is 25.2. The first-order valence-corrected chi connectivity index (χ1v) is 14.2. The number of amides is 1. The normalized spacial score (nSPS) is 18.3. The lowest BCUT2D eigenvalue weighted by molar-refractivity contribution is -0.144. The Labute approximate surface area is 271 Å². The van der Waals surface area contributed by atoms with Gasteiger partial charge in [0.15, 0.2) is 5.75 Å². The Bertz CT molecular complexity index is 1680. The molecule has 0 spiro atoms. The summed E-state index contributed by atoms with van der Waals surface area (Å²) in [6.07, 6.45) is -16.9. The first kappa shape index (κ1) is 37.2. The van der Waals surface area contributed by atoms with Crippen molar-refractivity contribution in [3.8, 4) is 5.75 Å². The Kier molecular flexibility index (Phi) is 10.4. The van der Waals surface area contributed by atoms with Gasteiger partial charge in [0.25, 0.3) is 0 Å². The molecule has 2 aromatic carbocycles. The predicted octanol–water partition coefficient (Wildman–Crippen LogP) is 6.69. The van der Waals surface area contributed by atoms with Gasteiger partial charge in [-0.15, -0.1) is 0 Å². The minimum Gasteiger partial charge on any atom is -0.488 e. The van der Waals surface area contributed by atoms with Crippen molar-refractivity contribution in [3.05, 3.63) is 81.9 Å². The van der Waals surface area contributed by atoms with Crippen molar-refractivity contribution in [1.82, 2.24) is 9.97 Å². The van der Waals surface area contributed by atoms with Crippen LogP contribution >= 0.6 is 0 Å². The number of carbonyl (C=O) groups is 2. The third-order valence-electron chi connectivity index (χ3n) is 7.67. The number of carboxylic acid groups (broad SMARTS) is 2. The van der Waals surface area contributed by atoms with Crippen molar-refractivity contribution in [2.75, 3.05) is 24.7 Å². The number of rotatable bonds is 10. The molecule has 0 saturated carbocycles. The van der Waals surface area contributed by atoms with Crippen molar-refractivity contribution in [2.24, 2.45) is 5.73 Å². The van der Waals surface area contributed by atoms with Crippen LogP contribution in [0.3, 0.4) is 0 Å². The van der Waals surface area contributed by atoms with Gasteiger partial charge in [-0.3, -0.25) is 4.90 Å². The van der Waals surface area contributed by atoms with Gasteiger partial charge >= 0.3 is 30.6 Å². The monoisotopic (exact) mass is 710 g/mol. The maximum absolute atomic E-state index is 13.8. The van der Waals surface area contributed by atoms with Crippen LogP contribution in [0.4, 0.5) is 50.0 Å². The number of alkyl halides is 9. The number of anilines is 1. The molecule has 1 aliphatic rings. The van der Waals surface area contributed by atoms with E-state index in [1.165, 1.54) is 6.92 Å². The SMILES string of the molecule is CC[C@]1(N)C[C@H](c2ncc(OCCOCC(=O)O)c(Cc3cc(C(F)(F)F)cc(C(F)(F)F)c3)n2)c2cc(C(F)(F)F)ccc2N1C(=O)O. The molecule has 2 atom stereocenters. The van der Waals surface area contributed by atoms with Gasteiger partial charge in [0, 0.05) is 12.3 Å². The maximum Gasteiger partial charge on any atom is 0.416 e. The average molecular weight is 711 g/mol. The molecule has 0 bridgehead atoms. The summed E-state index contributed by atoms with van der Waals surface area (Å²) in [6, 6.07) is 3.15. The van der Waals surface area contributed by atoms with Gasteiger partial charge in [0.1, 0.15) is 24.7 Å². The molecule has 19 heteroatoms. The van der Waals surface area contributed by atoms with Crippen LogP contribution in [0.1, 0.15) is 65.0 Å². The Morgan fingerprint density at radius 2 is 1.55 bits per heavy atom. The minimum atomic E-state index is -5.17. The Morgan fingerprint density at radius 1 is 0.939 bits per heavy atom. The zero-order valence-electron chi connectivity index (χ0n) is 25.2. The molecule has 0 aliphatic carbocycles. The van der Waals surface area contributed by atoms with Gasteiger partial charge in [-0.25, -0.2) is 19.6 Å². The van der Waals surface area contributed by atoms with Crippen LogP contribution in [0.2, 0.25) is 0 Å². The summed E-state index contributed by atoms with van der Waals surface area (Å²) < 4.78 is 133. The predicted molar refractivity (Wildman–Crippen MR) is 151 cm³/mol. The summed E-state index contributed by atoms with van der Waals surface area (Å²) in [7, 11) is 0. The van der Waals surface area contributed by atoms with E-state index in [9.17, 15) is 54.2 Å². The van der Waals surface area contributed by atoms with E-state index in [1.54, 1.807) is 0 Å². The number of ether oxygens (including phenoxy) is 2. The molecule has 0 radical (unpaired) electrons. The molecule has 10 nitrogen and oxygen atoms in total. The number of aliphatic carboxylic acids is 1. The summed E-state index contributed by atoms with van der Waals surface area (Å²) in [5, 5.41) is 18.7. The van der Waals surface area contributed by atoms with Crippen LogP contribution in [0.15, 0.2) is 42.6 Å². The van der Waals surface area contributed by atoms with Crippen LogP contribution in [0.5, 0.6) is 5.75 Å². The molecule has 0 fully saturated rings. The van der Waals surface area contributed by atoms with Gasteiger partial charge in [0.05, 0.1) is 40.9 Å². The van der Waals surface area contributed by atoms with Crippen LogP contribution in [0.25, 0.3) is 0 Å². The molecule has 0 unspecified atom stereocenters. The van der Waals surface area contributed by atoms with Gasteiger partial charge in [-0.1, -0.05) is 6.92 Å². The molecule has 1 amide bonds. The van der Waals surface area contributed by atoms with E-state index >= 15 is 0 Å². The standard InChI is InChI=1S/C30H27F9N4O6/c1-2-27(40)12-20(19-11-16(28(31,32)33)3-4-22(19)43(27)26(46)47)25-41-13-23(49-6-5-48-14-24(44)45)21(42-25)9-15-7-17(29(34,35)36)10-18(8-15)30(37,38)39/h3-4,7-8,10-11,13,20H,2,5-6,9,12,14,40H2,1H3,(H,44,45)(H,46,47)/t20-,27+/m0/s1. The minimum absolute atomic E-state index is 0.0366. The number of nitrogens with two attached hydrogens (primary N) is 1. The Balaban J connectivity index is 1.87. The fourth-order valence-electron chi connectivity index (χ4n) is 5.36. The lowest BCUT2D eigenvalue weighted by Crippen LogP contribution is -2.61. The largest absolute Gasteiger partial charge is 0.488 e. The Hall–Kier alpha value is -4.65. The molecule has 4 rings (SSSR count). The van der Waals surface area contributed by atoms with Crippen LogP contribution in [-0.2, 0) is 34.5 Å². The second kappa shape index (κ2) is 13.7. The molecule has 49 heavy (non-hydrogen) atoms. The summed E-state index contributed by atoms with van der Waals surface area (Å²) in [5.41, 5.74) is -0.818. The number of benzene rings is 2. The van der Waals surface area contributed by atoms with Gasteiger partial charge in [-0.2, -0.15) is 39.5 Å². The molecule has 2 heterocycles. The summed E-state index contributed by atoms with van der Waals surface area (Å²) in [6.45, 7) is 0.144. The molecule has 0 saturated heterocycles. The van der Waals surface area contributed by atoms with Crippen LogP contribution in [0, 0.1) is 0 Å². The van der Waals surface area contributed by atoms with Gasteiger partial charge in [0.2, 0.25) is 0 Å². The molecule has 1 aliphatic heterocycles. The van der Waals surface area contributed by atoms with E-state index in [0.29, 0.717) is 24.3 Å². The molecular weight excluding hydrogens is 683 g/mol. The lowest BCUT2D eigenvalue weighted by atomic mass is 9.80. The summed E-state index contributed by atoms with van der Waals surface area (Å²) >= 11 is 0. The smallest absolute Gasteiger partial charge is 0.416 e. The summed E-state index contributed by atoms with van der Waals surface area (Å²) in [5.74, 6) is -3.09. The highest BCUT2D eigenvalue weighted by molar-refractivity contribution is 5.90. The number of nitrogens with zero attached hydrogens (tertiary/aromatic N) is 3. The lowest BCUT2D eigenvalue weighted by Gasteiger charge is -2.46. The quantitative estimate of drug-likeness (QED) is 0.155. The summed E-state index contributed by atoms with van der Waals surface area (Å²) in [4.78, 5) is 32.2. The highest BCUT2D eigenvalue weighted by atomic mass is 19.4. The first-order chi connectivity index (χ1) is 22.6. The van der Waals surface area contributed by atoms with E-state index in [0.717, 1.165) is 17.2 Å². The highest BCUT2D eigenvalue weighted by Gasteiger charge is 2.47. The third kappa shape index (κ3) is 8.51. The van der Waals surface area contributed by atoms with Crippen molar-refractivity contribution >= 4 is 17.7 Å². The number of hydrogen-bond donors (Lipinski definition) is 3. The third-order valence-corrected chi connectivity index (χ3v) is 7.67. The topological polar surface area (TPSA) is 148 Å². The van der Waals surface area contributed by atoms with Crippen molar-refractivity contribution in [2.45, 2.75) is 56.3 Å². The molecule has 266 valence electrons. The average Bonchev–Trinajstić information content (AvgIpc) is 2.99. The van der Waals surface area contributed by atoms with Gasteiger partial charge < -0.3 is 25.4 Å². The van der Waals surface area contributed by atoms with Crippen molar-refractivity contribution < 1.29 is 68.8 Å². The van der Waals surface area contributed by atoms with E-state index in [2.05, 4.69) is 9.97 Å². The first-order valence-electron chi connectivity index (χ1n) is 14.2. The van der Waals surface area contributed by atoms with E-state index < -0.39 is 77.5 Å². The fourth-order valence-corrected chi connectivity index (χ4v) is 5.36. The van der Waals surface area contributed by atoms with Crippen molar-refractivity contribution in [3.63, 3.8) is 0 Å². The molecule has 1 aromatic heterocycles. The van der Waals surface area contributed by atoms with E-state index in [1.807, 2.05) is 0 Å². The second-order valence-corrected chi connectivity index (χ2v) is 11.0. The van der Waals surface area contributed by atoms with Crippen LogP contribution in [-0.4, -0.2) is 57.7 Å². The number of halogens is 9. The van der Waals surface area contributed by atoms with Crippen LogP contribution < -0.4 is 15.4 Å². The molecule has 4 N–H and O–H groups in total. The highest BCUT2D eigenvalue weighted by Crippen LogP contribution is 2.47. The van der Waals surface area contributed by atoms with Gasteiger partial charge in [-0.05, 0) is 60.4 Å². The molecular formula is C30H27F9N4O6.